The van der Waals surface area contributed by atoms with Crippen LogP contribution in [0, 0.1) is 0 Å². The molecule has 1 aliphatic carbocycles. The Morgan fingerprint density at radius 1 is 1.18 bits per heavy atom. The third-order valence-corrected chi connectivity index (χ3v) is 4.51. The van der Waals surface area contributed by atoms with Crippen LogP contribution in [0.5, 0.6) is 0 Å². The Kier molecular flexibility index (Phi) is 6.52. The van der Waals surface area contributed by atoms with Gasteiger partial charge in [0.1, 0.15) is 5.60 Å². The van der Waals surface area contributed by atoms with Gasteiger partial charge in [0.25, 0.3) is 0 Å². The minimum atomic E-state index is -0.546. The minimum Gasteiger partial charge on any atom is -0.443 e. The molecule has 6 heteroatoms. The highest BCUT2D eigenvalue weighted by Crippen LogP contribution is 2.34. The summed E-state index contributed by atoms with van der Waals surface area (Å²) in [6.45, 7) is 8.65. The maximum Gasteiger partial charge on any atom is 0.428 e. The normalized spacial score (nSPS) is 19.5. The van der Waals surface area contributed by atoms with Crippen LogP contribution in [0.2, 0.25) is 0 Å². The molecular formula is C22H29N3O3. The van der Waals surface area contributed by atoms with E-state index in [9.17, 15) is 4.79 Å². The highest BCUT2D eigenvalue weighted by Gasteiger charge is 2.25. The van der Waals surface area contributed by atoms with Gasteiger partial charge in [-0.05, 0) is 56.4 Å². The average Bonchev–Trinajstić information content (AvgIpc) is 3.04. The summed E-state index contributed by atoms with van der Waals surface area (Å²) in [7, 11) is 0. The standard InChI is InChI=1S/C22H29N3O3/c1-22(2,3)28-21(26)24-23-16-19-10-9-18(15-17-7-5-4-6-8-17)20(19)25-11-13-27-14-12-25/h4-8,15-16H,9-14H2,1-3H3,(H,24,26)/b18-15-,23-16+. The number of nitrogens with zero attached hydrogens (tertiary/aromatic N) is 2. The molecule has 1 aromatic rings. The summed E-state index contributed by atoms with van der Waals surface area (Å²) in [6.07, 6.45) is 5.29. The first-order chi connectivity index (χ1) is 13.4. The van der Waals surface area contributed by atoms with Crippen molar-refractivity contribution in [3.63, 3.8) is 0 Å². The lowest BCUT2D eigenvalue weighted by molar-refractivity contribution is 0.0529. The number of ether oxygens (including phenoxy) is 2. The number of nitrogens with one attached hydrogen (secondary N) is 1. The van der Waals surface area contributed by atoms with E-state index in [1.807, 2.05) is 39.0 Å². The summed E-state index contributed by atoms with van der Waals surface area (Å²) in [5.41, 5.74) is 6.74. The Morgan fingerprint density at radius 2 is 1.89 bits per heavy atom. The van der Waals surface area contributed by atoms with Crippen molar-refractivity contribution >= 4 is 18.4 Å². The Balaban J connectivity index is 1.80. The van der Waals surface area contributed by atoms with Gasteiger partial charge >= 0.3 is 6.09 Å². The number of amides is 1. The topological polar surface area (TPSA) is 63.2 Å². The van der Waals surface area contributed by atoms with E-state index in [0.29, 0.717) is 0 Å². The molecule has 0 atom stereocenters. The lowest BCUT2D eigenvalue weighted by atomic mass is 10.1. The van der Waals surface area contributed by atoms with Gasteiger partial charge < -0.3 is 14.4 Å². The van der Waals surface area contributed by atoms with Crippen LogP contribution in [-0.4, -0.2) is 49.1 Å². The largest absolute Gasteiger partial charge is 0.443 e. The van der Waals surface area contributed by atoms with Crippen molar-refractivity contribution in [1.82, 2.24) is 10.3 Å². The van der Waals surface area contributed by atoms with Gasteiger partial charge in [0.2, 0.25) is 0 Å². The highest BCUT2D eigenvalue weighted by atomic mass is 16.6. The van der Waals surface area contributed by atoms with Gasteiger partial charge in [-0.15, -0.1) is 0 Å². The molecule has 0 radical (unpaired) electrons. The number of rotatable bonds is 4. The molecule has 1 saturated heterocycles. The summed E-state index contributed by atoms with van der Waals surface area (Å²) in [6, 6.07) is 10.3. The fourth-order valence-electron chi connectivity index (χ4n) is 3.39. The predicted molar refractivity (Wildman–Crippen MR) is 111 cm³/mol. The smallest absolute Gasteiger partial charge is 0.428 e. The van der Waals surface area contributed by atoms with E-state index in [1.54, 1.807) is 6.21 Å². The molecule has 1 aliphatic heterocycles. The van der Waals surface area contributed by atoms with E-state index >= 15 is 0 Å². The van der Waals surface area contributed by atoms with Crippen molar-refractivity contribution in [2.24, 2.45) is 5.10 Å². The maximum atomic E-state index is 11.8. The fourth-order valence-corrected chi connectivity index (χ4v) is 3.39. The van der Waals surface area contributed by atoms with Crippen LogP contribution in [0.4, 0.5) is 4.79 Å². The van der Waals surface area contributed by atoms with Gasteiger partial charge in [0.15, 0.2) is 0 Å². The Labute approximate surface area is 166 Å². The van der Waals surface area contributed by atoms with Crippen LogP contribution in [0.1, 0.15) is 39.2 Å². The zero-order chi connectivity index (χ0) is 20.0. The number of benzene rings is 1. The molecule has 0 unspecified atom stereocenters. The number of carbonyl (C=O) groups excluding carboxylic acids is 1. The van der Waals surface area contributed by atoms with Crippen LogP contribution in [0.3, 0.4) is 0 Å². The quantitative estimate of drug-likeness (QED) is 0.631. The monoisotopic (exact) mass is 383 g/mol. The molecule has 1 heterocycles. The Morgan fingerprint density at radius 3 is 2.57 bits per heavy atom. The van der Waals surface area contributed by atoms with E-state index in [4.69, 9.17) is 9.47 Å². The van der Waals surface area contributed by atoms with Gasteiger partial charge in [-0.3, -0.25) is 0 Å². The second-order valence-corrected chi connectivity index (χ2v) is 7.93. The summed E-state index contributed by atoms with van der Waals surface area (Å²) >= 11 is 0. The Bertz CT molecular complexity index is 770. The van der Waals surface area contributed by atoms with Crippen LogP contribution >= 0.6 is 0 Å². The van der Waals surface area contributed by atoms with Gasteiger partial charge in [0.05, 0.1) is 19.4 Å². The van der Waals surface area contributed by atoms with Crippen molar-refractivity contribution < 1.29 is 14.3 Å². The van der Waals surface area contributed by atoms with E-state index < -0.39 is 11.7 Å². The number of hydrogen-bond acceptors (Lipinski definition) is 5. The Hall–Kier alpha value is -2.60. The number of hydrogen-bond donors (Lipinski definition) is 1. The van der Waals surface area contributed by atoms with E-state index in [1.165, 1.54) is 16.8 Å². The molecule has 1 amide bonds. The van der Waals surface area contributed by atoms with Crippen molar-refractivity contribution in [2.75, 3.05) is 26.3 Å². The zero-order valence-electron chi connectivity index (χ0n) is 16.9. The first kappa shape index (κ1) is 20.1. The van der Waals surface area contributed by atoms with E-state index in [0.717, 1.165) is 44.7 Å². The maximum absolute atomic E-state index is 11.8. The van der Waals surface area contributed by atoms with Crippen molar-refractivity contribution in [3.05, 3.63) is 52.7 Å². The van der Waals surface area contributed by atoms with Crippen molar-refractivity contribution in [1.29, 1.82) is 0 Å². The van der Waals surface area contributed by atoms with Gasteiger partial charge in [0, 0.05) is 18.8 Å². The molecular weight excluding hydrogens is 354 g/mol. The molecule has 1 N–H and O–H groups in total. The van der Waals surface area contributed by atoms with Crippen molar-refractivity contribution in [2.45, 2.75) is 39.2 Å². The molecule has 28 heavy (non-hydrogen) atoms. The summed E-state index contributed by atoms with van der Waals surface area (Å²) in [5.74, 6) is 0. The number of hydrazone groups is 1. The lowest BCUT2D eigenvalue weighted by Gasteiger charge is -2.31. The molecule has 2 aliphatic rings. The molecule has 0 bridgehead atoms. The zero-order valence-corrected chi connectivity index (χ0v) is 16.9. The molecule has 1 aromatic carbocycles. The summed E-state index contributed by atoms with van der Waals surface area (Å²) in [5, 5.41) is 4.13. The third kappa shape index (κ3) is 5.70. The second-order valence-electron chi connectivity index (χ2n) is 7.93. The lowest BCUT2D eigenvalue weighted by Crippen LogP contribution is -2.36. The number of allylic oxidation sites excluding steroid dienone is 2. The molecule has 0 spiro atoms. The molecule has 150 valence electrons. The minimum absolute atomic E-state index is 0.545. The molecule has 0 aromatic heterocycles. The average molecular weight is 383 g/mol. The van der Waals surface area contributed by atoms with Crippen LogP contribution in [0.15, 0.2) is 52.3 Å². The van der Waals surface area contributed by atoms with Gasteiger partial charge in [-0.25, -0.2) is 10.2 Å². The number of carbonyl (C=O) groups is 1. The molecule has 3 rings (SSSR count). The summed E-state index contributed by atoms with van der Waals surface area (Å²) < 4.78 is 10.7. The number of morpholine rings is 1. The van der Waals surface area contributed by atoms with Gasteiger partial charge in [-0.2, -0.15) is 5.10 Å². The van der Waals surface area contributed by atoms with E-state index in [2.05, 4.69) is 33.6 Å². The van der Waals surface area contributed by atoms with Gasteiger partial charge in [-0.1, -0.05) is 30.3 Å². The summed E-state index contributed by atoms with van der Waals surface area (Å²) in [4.78, 5) is 14.2. The van der Waals surface area contributed by atoms with Crippen molar-refractivity contribution in [3.8, 4) is 0 Å². The van der Waals surface area contributed by atoms with Crippen LogP contribution < -0.4 is 5.43 Å². The molecule has 1 fully saturated rings. The molecule has 6 nitrogen and oxygen atoms in total. The first-order valence-corrected chi connectivity index (χ1v) is 9.76. The third-order valence-electron chi connectivity index (χ3n) is 4.51. The first-order valence-electron chi connectivity index (χ1n) is 9.76. The predicted octanol–water partition coefficient (Wildman–Crippen LogP) is 3.96. The van der Waals surface area contributed by atoms with E-state index in [-0.39, 0.29) is 0 Å². The second kappa shape index (κ2) is 9.06. The van der Waals surface area contributed by atoms with Crippen LogP contribution in [-0.2, 0) is 9.47 Å². The molecule has 0 saturated carbocycles. The highest BCUT2D eigenvalue weighted by molar-refractivity contribution is 5.84. The SMILES string of the molecule is CC(C)(C)OC(=O)N/N=C/C1=C(N2CCOCC2)C(=C\c2ccccc2)/CC1. The van der Waals surface area contributed by atoms with Crippen LogP contribution in [0.25, 0.3) is 6.08 Å². The fraction of sp³-hybridized carbons (Fsp3) is 0.455.